The molecular weight excluding hydrogens is 328 g/mol. The van der Waals surface area contributed by atoms with E-state index in [1.807, 2.05) is 24.3 Å². The molecule has 0 aliphatic carbocycles. The van der Waals surface area contributed by atoms with E-state index in [0.717, 1.165) is 10.9 Å². The van der Waals surface area contributed by atoms with Crippen molar-refractivity contribution in [2.75, 3.05) is 13.1 Å². The predicted octanol–water partition coefficient (Wildman–Crippen LogP) is 1.20. The van der Waals surface area contributed by atoms with Gasteiger partial charge >= 0.3 is 0 Å². The van der Waals surface area contributed by atoms with Crippen LogP contribution in [0.15, 0.2) is 48.0 Å². The van der Waals surface area contributed by atoms with Crippen molar-refractivity contribution in [1.82, 2.24) is 19.4 Å². The molecule has 4 rings (SSSR count). The minimum Gasteiger partial charge on any atom is -0.360 e. The highest BCUT2D eigenvalue weighted by molar-refractivity contribution is 7.92. The smallest absolute Gasteiger partial charge is 0.256 e. The number of hydrogen-bond donors (Lipinski definition) is 1. The van der Waals surface area contributed by atoms with Crippen LogP contribution in [0.3, 0.4) is 0 Å². The molecular formula is C16H16N4O3S. The molecule has 1 N–H and O–H groups in total. The van der Waals surface area contributed by atoms with Gasteiger partial charge in [-0.3, -0.25) is 4.79 Å². The summed E-state index contributed by atoms with van der Waals surface area (Å²) in [5.74, 6) is -0.154. The number of nitrogens with one attached hydrogen (secondary N) is 1. The van der Waals surface area contributed by atoms with Gasteiger partial charge in [-0.15, -0.1) is 0 Å². The number of aromatic nitrogens is 3. The van der Waals surface area contributed by atoms with Gasteiger partial charge in [0.15, 0.2) is 0 Å². The first kappa shape index (κ1) is 14.9. The molecule has 1 aliphatic heterocycles. The number of H-pyrrole nitrogens is 1. The molecule has 0 saturated carbocycles. The number of benzene rings is 1. The van der Waals surface area contributed by atoms with Crippen molar-refractivity contribution >= 4 is 26.6 Å². The number of sulfone groups is 1. The number of amides is 1. The lowest BCUT2D eigenvalue weighted by molar-refractivity contribution is 0.0660. The monoisotopic (exact) mass is 344 g/mol. The van der Waals surface area contributed by atoms with Crippen LogP contribution in [0.1, 0.15) is 10.4 Å². The molecule has 7 nitrogen and oxygen atoms in total. The summed E-state index contributed by atoms with van der Waals surface area (Å²) in [7, 11) is -1.87. The van der Waals surface area contributed by atoms with E-state index < -0.39 is 15.1 Å². The largest absolute Gasteiger partial charge is 0.360 e. The average Bonchev–Trinajstić information content (AvgIpc) is 3.11. The number of rotatable bonds is 3. The molecule has 0 spiro atoms. The average molecular weight is 344 g/mol. The second-order valence-corrected chi connectivity index (χ2v) is 8.07. The van der Waals surface area contributed by atoms with Gasteiger partial charge in [0.1, 0.15) is 5.25 Å². The van der Waals surface area contributed by atoms with Crippen LogP contribution in [0.2, 0.25) is 0 Å². The van der Waals surface area contributed by atoms with Crippen LogP contribution in [0.5, 0.6) is 0 Å². The minimum absolute atomic E-state index is 0.0479. The van der Waals surface area contributed by atoms with Crippen molar-refractivity contribution < 1.29 is 13.2 Å². The molecule has 1 aliphatic rings. The Balaban J connectivity index is 1.54. The van der Waals surface area contributed by atoms with Crippen molar-refractivity contribution in [3.8, 4) is 0 Å². The summed E-state index contributed by atoms with van der Waals surface area (Å²) < 4.78 is 26.6. The first-order valence-corrected chi connectivity index (χ1v) is 9.10. The summed E-state index contributed by atoms with van der Waals surface area (Å²) in [6.45, 7) is 0.376. The standard InChI is InChI=1S/C16H16N4O3S/c1-19-7-6-17-16(19)24(22,23)11-9-20(10-11)15(21)13-8-18-14-5-3-2-4-12(13)14/h2-8,11,18H,9-10H2,1H3. The number of hydrogen-bond acceptors (Lipinski definition) is 4. The zero-order chi connectivity index (χ0) is 16.9. The van der Waals surface area contributed by atoms with Gasteiger partial charge in [0.05, 0.1) is 5.56 Å². The molecule has 0 radical (unpaired) electrons. The number of likely N-dealkylation sites (tertiary alicyclic amines) is 1. The molecule has 2 aromatic heterocycles. The number of carbonyl (C=O) groups excluding carboxylic acids is 1. The number of imidazole rings is 1. The third kappa shape index (κ3) is 2.14. The molecule has 1 aromatic carbocycles. The van der Waals surface area contributed by atoms with E-state index in [1.54, 1.807) is 24.3 Å². The summed E-state index contributed by atoms with van der Waals surface area (Å²) in [6, 6.07) is 7.54. The molecule has 8 heteroatoms. The zero-order valence-electron chi connectivity index (χ0n) is 13.0. The summed E-state index contributed by atoms with van der Waals surface area (Å²) in [5.41, 5.74) is 1.46. The maximum Gasteiger partial charge on any atom is 0.256 e. The van der Waals surface area contributed by atoms with Gasteiger partial charge in [0.25, 0.3) is 5.91 Å². The molecule has 3 aromatic rings. The maximum absolute atomic E-state index is 12.6. The minimum atomic E-state index is -3.52. The molecule has 0 unspecified atom stereocenters. The lowest BCUT2D eigenvalue weighted by Crippen LogP contribution is -2.57. The second-order valence-electron chi connectivity index (χ2n) is 5.95. The molecule has 1 saturated heterocycles. The fourth-order valence-corrected chi connectivity index (χ4v) is 4.71. The molecule has 124 valence electrons. The highest BCUT2D eigenvalue weighted by atomic mass is 32.2. The molecule has 0 bridgehead atoms. The van der Waals surface area contributed by atoms with Crippen LogP contribution >= 0.6 is 0 Å². The molecule has 0 atom stereocenters. The molecule has 1 fully saturated rings. The van der Waals surface area contributed by atoms with Crippen molar-refractivity contribution in [3.05, 3.63) is 48.4 Å². The lowest BCUT2D eigenvalue weighted by atomic mass is 10.1. The fraction of sp³-hybridized carbons (Fsp3) is 0.250. The lowest BCUT2D eigenvalue weighted by Gasteiger charge is -2.38. The Kier molecular flexibility index (Phi) is 3.24. The first-order chi connectivity index (χ1) is 11.5. The van der Waals surface area contributed by atoms with Gasteiger partial charge in [-0.05, 0) is 6.07 Å². The summed E-state index contributed by atoms with van der Waals surface area (Å²) in [5, 5.41) is 0.289. The van der Waals surface area contributed by atoms with Crippen LogP contribution in [0.25, 0.3) is 10.9 Å². The van der Waals surface area contributed by atoms with Crippen molar-refractivity contribution in [2.45, 2.75) is 10.4 Å². The van der Waals surface area contributed by atoms with Gasteiger partial charge in [0, 0.05) is 49.6 Å². The maximum atomic E-state index is 12.6. The summed E-state index contributed by atoms with van der Waals surface area (Å²) in [4.78, 5) is 21.2. The van der Waals surface area contributed by atoms with Gasteiger partial charge < -0.3 is 14.5 Å². The van der Waals surface area contributed by atoms with E-state index in [1.165, 1.54) is 10.8 Å². The van der Waals surface area contributed by atoms with Gasteiger partial charge in [-0.25, -0.2) is 13.4 Å². The van der Waals surface area contributed by atoms with Crippen LogP contribution in [0, 0.1) is 0 Å². The van der Waals surface area contributed by atoms with Crippen LogP contribution in [-0.4, -0.2) is 52.1 Å². The topological polar surface area (TPSA) is 88.1 Å². The summed E-state index contributed by atoms with van der Waals surface area (Å²) >= 11 is 0. The van der Waals surface area contributed by atoms with E-state index in [9.17, 15) is 13.2 Å². The van der Waals surface area contributed by atoms with Crippen LogP contribution in [-0.2, 0) is 16.9 Å². The predicted molar refractivity (Wildman–Crippen MR) is 88.4 cm³/mol. The number of nitrogens with zero attached hydrogens (tertiary/aromatic N) is 3. The number of aryl methyl sites for hydroxylation is 1. The van der Waals surface area contributed by atoms with E-state index in [0.29, 0.717) is 5.56 Å². The van der Waals surface area contributed by atoms with Gasteiger partial charge in [-0.2, -0.15) is 0 Å². The Morgan fingerprint density at radius 1 is 1.29 bits per heavy atom. The zero-order valence-corrected chi connectivity index (χ0v) is 13.8. The first-order valence-electron chi connectivity index (χ1n) is 7.55. The van der Waals surface area contributed by atoms with E-state index in [4.69, 9.17) is 0 Å². The Hall–Kier alpha value is -2.61. The highest BCUT2D eigenvalue weighted by Gasteiger charge is 2.42. The quantitative estimate of drug-likeness (QED) is 0.773. The third-order valence-corrected chi connectivity index (χ3v) is 6.50. The normalized spacial score (nSPS) is 15.6. The molecule has 1 amide bonds. The number of para-hydroxylation sites is 1. The Labute approximate surface area is 138 Å². The van der Waals surface area contributed by atoms with E-state index in [2.05, 4.69) is 9.97 Å². The van der Waals surface area contributed by atoms with E-state index >= 15 is 0 Å². The number of aromatic amines is 1. The van der Waals surface area contributed by atoms with Gasteiger partial charge in [-0.1, -0.05) is 18.2 Å². The van der Waals surface area contributed by atoms with Crippen molar-refractivity contribution in [3.63, 3.8) is 0 Å². The van der Waals surface area contributed by atoms with Crippen molar-refractivity contribution in [1.29, 1.82) is 0 Å². The van der Waals surface area contributed by atoms with Gasteiger partial charge in [0.2, 0.25) is 15.0 Å². The Bertz CT molecular complexity index is 1030. The number of carbonyl (C=O) groups is 1. The Morgan fingerprint density at radius 2 is 2.04 bits per heavy atom. The van der Waals surface area contributed by atoms with Crippen LogP contribution < -0.4 is 0 Å². The Morgan fingerprint density at radius 3 is 2.75 bits per heavy atom. The molecule has 3 heterocycles. The van der Waals surface area contributed by atoms with Crippen molar-refractivity contribution in [2.24, 2.45) is 7.05 Å². The SMILES string of the molecule is Cn1ccnc1S(=O)(=O)C1CN(C(=O)c2c[nH]c3ccccc23)C1. The summed E-state index contributed by atoms with van der Waals surface area (Å²) in [6.07, 6.45) is 4.73. The highest BCUT2D eigenvalue weighted by Crippen LogP contribution is 2.26. The third-order valence-electron chi connectivity index (χ3n) is 4.43. The number of fused-ring (bicyclic) bond motifs is 1. The fourth-order valence-electron chi connectivity index (χ4n) is 2.99. The second kappa shape index (κ2) is 5.20. The van der Waals surface area contributed by atoms with E-state index in [-0.39, 0.29) is 24.2 Å². The van der Waals surface area contributed by atoms with Crippen LogP contribution in [0.4, 0.5) is 0 Å². The molecule has 24 heavy (non-hydrogen) atoms.